The fraction of sp³-hybridized carbons (Fsp3) is 0.167. The van der Waals surface area contributed by atoms with Gasteiger partial charge < -0.3 is 10.1 Å². The number of esters is 1. The standard InChI is InChI=1S/C18H16N2O3S2/c1-12(18(22)19-11-13-5-4-10-24-13)23-17(21)9-8-16-20-14-6-2-3-7-15(14)25-16/h2-10,12H,11H2,1H3,(H,19,22)/b9-8+/t12-/m1/s1. The number of para-hydroxylation sites is 1. The van der Waals surface area contributed by atoms with E-state index in [-0.39, 0.29) is 5.91 Å². The van der Waals surface area contributed by atoms with Crippen LogP contribution in [0.4, 0.5) is 0 Å². The molecular weight excluding hydrogens is 356 g/mol. The summed E-state index contributed by atoms with van der Waals surface area (Å²) in [6, 6.07) is 11.6. The number of benzene rings is 1. The van der Waals surface area contributed by atoms with Gasteiger partial charge in [-0.15, -0.1) is 22.7 Å². The number of carbonyl (C=O) groups is 2. The van der Waals surface area contributed by atoms with Gasteiger partial charge in [-0.25, -0.2) is 9.78 Å². The number of hydrogen-bond donors (Lipinski definition) is 1. The molecule has 0 bridgehead atoms. The van der Waals surface area contributed by atoms with Crippen molar-refractivity contribution in [3.8, 4) is 0 Å². The molecule has 128 valence electrons. The van der Waals surface area contributed by atoms with Gasteiger partial charge >= 0.3 is 5.97 Å². The summed E-state index contributed by atoms with van der Waals surface area (Å²) in [5.41, 5.74) is 0.891. The van der Waals surface area contributed by atoms with E-state index >= 15 is 0 Å². The van der Waals surface area contributed by atoms with E-state index in [1.807, 2.05) is 41.8 Å². The van der Waals surface area contributed by atoms with Gasteiger partial charge in [0.2, 0.25) is 0 Å². The second-order valence-corrected chi connectivity index (χ2v) is 7.32. The van der Waals surface area contributed by atoms with Crippen LogP contribution >= 0.6 is 22.7 Å². The summed E-state index contributed by atoms with van der Waals surface area (Å²) in [4.78, 5) is 29.3. The van der Waals surface area contributed by atoms with E-state index in [4.69, 9.17) is 4.74 Å². The minimum atomic E-state index is -0.854. The quantitative estimate of drug-likeness (QED) is 0.530. The lowest BCUT2D eigenvalue weighted by Crippen LogP contribution is -2.34. The average molecular weight is 372 g/mol. The van der Waals surface area contributed by atoms with E-state index in [0.717, 1.165) is 15.1 Å². The van der Waals surface area contributed by atoms with Crippen LogP contribution < -0.4 is 5.32 Å². The molecule has 1 aromatic carbocycles. The average Bonchev–Trinajstić information content (AvgIpc) is 3.26. The number of hydrogen-bond acceptors (Lipinski definition) is 6. The van der Waals surface area contributed by atoms with Crippen molar-refractivity contribution < 1.29 is 14.3 Å². The van der Waals surface area contributed by atoms with Gasteiger partial charge in [0.1, 0.15) is 5.01 Å². The lowest BCUT2D eigenvalue weighted by Gasteiger charge is -2.11. The molecule has 3 aromatic rings. The molecule has 0 saturated heterocycles. The van der Waals surface area contributed by atoms with E-state index in [2.05, 4.69) is 10.3 Å². The molecule has 0 aliphatic carbocycles. The fourth-order valence-corrected chi connectivity index (χ4v) is 3.61. The highest BCUT2D eigenvalue weighted by atomic mass is 32.1. The molecule has 0 aliphatic heterocycles. The molecule has 0 fully saturated rings. The van der Waals surface area contributed by atoms with Crippen LogP contribution in [0.5, 0.6) is 0 Å². The van der Waals surface area contributed by atoms with Gasteiger partial charge in [-0.3, -0.25) is 4.79 Å². The van der Waals surface area contributed by atoms with Crippen molar-refractivity contribution in [1.29, 1.82) is 0 Å². The van der Waals surface area contributed by atoms with Gasteiger partial charge in [0.05, 0.1) is 16.8 Å². The molecule has 25 heavy (non-hydrogen) atoms. The second-order valence-electron chi connectivity index (χ2n) is 5.23. The molecular formula is C18H16N2O3S2. The van der Waals surface area contributed by atoms with Crippen molar-refractivity contribution in [2.75, 3.05) is 0 Å². The highest BCUT2D eigenvalue weighted by Gasteiger charge is 2.16. The molecule has 7 heteroatoms. The van der Waals surface area contributed by atoms with Crippen molar-refractivity contribution in [2.45, 2.75) is 19.6 Å². The number of nitrogens with zero attached hydrogens (tertiary/aromatic N) is 1. The van der Waals surface area contributed by atoms with Gasteiger partial charge in [-0.2, -0.15) is 0 Å². The third kappa shape index (κ3) is 4.74. The summed E-state index contributed by atoms with van der Waals surface area (Å²) < 4.78 is 6.17. The maximum absolute atomic E-state index is 11.9. The van der Waals surface area contributed by atoms with Crippen LogP contribution in [0.2, 0.25) is 0 Å². The zero-order valence-corrected chi connectivity index (χ0v) is 15.1. The molecule has 1 amide bonds. The Morgan fingerprint density at radius 2 is 2.12 bits per heavy atom. The summed E-state index contributed by atoms with van der Waals surface area (Å²) >= 11 is 3.05. The molecule has 0 aliphatic rings. The molecule has 1 N–H and O–H groups in total. The van der Waals surface area contributed by atoms with Crippen LogP contribution in [0.25, 0.3) is 16.3 Å². The molecule has 0 spiro atoms. The number of aromatic nitrogens is 1. The van der Waals surface area contributed by atoms with Crippen molar-refractivity contribution in [2.24, 2.45) is 0 Å². The van der Waals surface area contributed by atoms with E-state index in [9.17, 15) is 9.59 Å². The normalized spacial score (nSPS) is 12.4. The first-order chi connectivity index (χ1) is 12.1. The Balaban J connectivity index is 1.51. The Bertz CT molecular complexity index is 867. The third-order valence-corrected chi connectivity index (χ3v) is 5.23. The van der Waals surface area contributed by atoms with Crippen molar-refractivity contribution in [3.05, 3.63) is 57.7 Å². The topological polar surface area (TPSA) is 68.3 Å². The fourth-order valence-electron chi connectivity index (χ4n) is 2.10. The number of thiazole rings is 1. The van der Waals surface area contributed by atoms with Gasteiger partial charge in [-0.1, -0.05) is 18.2 Å². The van der Waals surface area contributed by atoms with Crippen LogP contribution in [0.3, 0.4) is 0 Å². The molecule has 2 aromatic heterocycles. The second kappa shape index (κ2) is 8.04. The van der Waals surface area contributed by atoms with Crippen LogP contribution in [0.15, 0.2) is 47.9 Å². The largest absolute Gasteiger partial charge is 0.449 e. The van der Waals surface area contributed by atoms with E-state index < -0.39 is 12.1 Å². The summed E-state index contributed by atoms with van der Waals surface area (Å²) in [5, 5.41) is 5.40. The summed E-state index contributed by atoms with van der Waals surface area (Å²) in [5.74, 6) is -0.895. The maximum Gasteiger partial charge on any atom is 0.331 e. The number of carbonyl (C=O) groups excluding carboxylic acids is 2. The molecule has 5 nitrogen and oxygen atoms in total. The lowest BCUT2D eigenvalue weighted by atomic mass is 10.3. The number of thiophene rings is 1. The predicted molar refractivity (Wildman–Crippen MR) is 100 cm³/mol. The molecule has 0 saturated carbocycles. The molecule has 3 rings (SSSR count). The van der Waals surface area contributed by atoms with Crippen LogP contribution in [0.1, 0.15) is 16.8 Å². The van der Waals surface area contributed by atoms with Gasteiger partial charge in [-0.05, 0) is 36.6 Å². The number of nitrogens with one attached hydrogen (secondary N) is 1. The first-order valence-electron chi connectivity index (χ1n) is 7.66. The predicted octanol–water partition coefficient (Wildman–Crippen LogP) is 3.62. The van der Waals surface area contributed by atoms with Crippen LogP contribution in [-0.4, -0.2) is 23.0 Å². The van der Waals surface area contributed by atoms with Gasteiger partial charge in [0.25, 0.3) is 5.91 Å². The number of amides is 1. The monoisotopic (exact) mass is 372 g/mol. The summed E-state index contributed by atoms with van der Waals surface area (Å²) in [6.07, 6.45) is 2.04. The minimum Gasteiger partial charge on any atom is -0.449 e. The third-order valence-electron chi connectivity index (χ3n) is 3.35. The Morgan fingerprint density at radius 1 is 1.28 bits per heavy atom. The van der Waals surface area contributed by atoms with Crippen LogP contribution in [-0.2, 0) is 20.9 Å². The Labute approximate surface area is 153 Å². The van der Waals surface area contributed by atoms with E-state index in [1.54, 1.807) is 24.3 Å². The van der Waals surface area contributed by atoms with Gasteiger partial charge in [0.15, 0.2) is 6.10 Å². The van der Waals surface area contributed by atoms with Crippen molar-refractivity contribution in [1.82, 2.24) is 10.3 Å². The van der Waals surface area contributed by atoms with E-state index in [0.29, 0.717) is 11.6 Å². The zero-order chi connectivity index (χ0) is 17.6. The van der Waals surface area contributed by atoms with Crippen molar-refractivity contribution >= 4 is 50.8 Å². The SMILES string of the molecule is C[C@@H](OC(=O)/C=C/c1nc2ccccc2s1)C(=O)NCc1cccs1. The Kier molecular flexibility index (Phi) is 5.57. The number of rotatable bonds is 6. The van der Waals surface area contributed by atoms with E-state index in [1.165, 1.54) is 17.4 Å². The highest BCUT2D eigenvalue weighted by molar-refractivity contribution is 7.19. The zero-order valence-electron chi connectivity index (χ0n) is 13.5. The molecule has 0 unspecified atom stereocenters. The molecule has 1 atom stereocenters. The lowest BCUT2D eigenvalue weighted by molar-refractivity contribution is -0.150. The van der Waals surface area contributed by atoms with Crippen LogP contribution in [0, 0.1) is 0 Å². The smallest absolute Gasteiger partial charge is 0.331 e. The van der Waals surface area contributed by atoms with Gasteiger partial charge in [0, 0.05) is 11.0 Å². The molecule has 2 heterocycles. The number of fused-ring (bicyclic) bond motifs is 1. The Morgan fingerprint density at radius 3 is 2.88 bits per heavy atom. The van der Waals surface area contributed by atoms with Crippen molar-refractivity contribution in [3.63, 3.8) is 0 Å². The highest BCUT2D eigenvalue weighted by Crippen LogP contribution is 2.22. The Hall–Kier alpha value is -2.51. The maximum atomic E-state index is 11.9. The minimum absolute atomic E-state index is 0.324. The first-order valence-corrected chi connectivity index (χ1v) is 9.36. The molecule has 0 radical (unpaired) electrons. The first kappa shape index (κ1) is 17.3. The summed E-state index contributed by atoms with van der Waals surface area (Å²) in [7, 11) is 0. The summed E-state index contributed by atoms with van der Waals surface area (Å²) in [6.45, 7) is 1.98. The number of ether oxygens (including phenoxy) is 1.